The van der Waals surface area contributed by atoms with E-state index in [1.165, 1.54) is 5.56 Å². The molecular weight excluding hydrogens is 326 g/mol. The first-order valence-corrected chi connectivity index (χ1v) is 9.58. The smallest absolute Gasteiger partial charge is 0.254 e. The van der Waals surface area contributed by atoms with Crippen LogP contribution in [-0.4, -0.2) is 53.1 Å². The number of amides is 1. The summed E-state index contributed by atoms with van der Waals surface area (Å²) in [7, 11) is 0. The minimum atomic E-state index is -0.740. The fraction of sp³-hybridized carbons (Fsp3) is 0.619. The summed E-state index contributed by atoms with van der Waals surface area (Å²) in [6, 6.07) is 10.0. The van der Waals surface area contributed by atoms with Gasteiger partial charge in [-0.3, -0.25) is 9.69 Å². The van der Waals surface area contributed by atoms with Gasteiger partial charge in [0.05, 0.1) is 17.2 Å². The summed E-state index contributed by atoms with van der Waals surface area (Å²) < 4.78 is 6.40. The topological polar surface area (TPSA) is 56.6 Å². The first-order valence-electron chi connectivity index (χ1n) is 9.58. The number of hydrogen-bond donors (Lipinski definition) is 0. The van der Waals surface area contributed by atoms with E-state index in [1.54, 1.807) is 0 Å². The van der Waals surface area contributed by atoms with Crippen molar-refractivity contribution in [1.82, 2.24) is 9.80 Å². The van der Waals surface area contributed by atoms with E-state index in [0.717, 1.165) is 45.4 Å². The van der Waals surface area contributed by atoms with Gasteiger partial charge in [-0.15, -0.1) is 0 Å². The summed E-state index contributed by atoms with van der Waals surface area (Å²) in [5.41, 5.74) is 0.963. The molecule has 2 aliphatic rings. The molecule has 1 atom stereocenters. The van der Waals surface area contributed by atoms with Crippen LogP contribution in [0.5, 0.6) is 0 Å². The van der Waals surface area contributed by atoms with Gasteiger partial charge in [0, 0.05) is 26.2 Å². The van der Waals surface area contributed by atoms with Crippen LogP contribution < -0.4 is 0 Å². The number of carbonyl (C=O) groups excluding carboxylic acids is 1. The number of hydrogen-bond acceptors (Lipinski definition) is 4. The van der Waals surface area contributed by atoms with E-state index in [1.807, 2.05) is 49.9 Å². The van der Waals surface area contributed by atoms with Crippen LogP contribution in [0.3, 0.4) is 0 Å². The summed E-state index contributed by atoms with van der Waals surface area (Å²) >= 11 is 0. The van der Waals surface area contributed by atoms with Crippen LogP contribution >= 0.6 is 0 Å². The van der Waals surface area contributed by atoms with Gasteiger partial charge < -0.3 is 9.64 Å². The Hall–Kier alpha value is -1.90. The van der Waals surface area contributed by atoms with Crippen molar-refractivity contribution in [2.45, 2.75) is 57.8 Å². The zero-order chi connectivity index (χ0) is 18.8. The van der Waals surface area contributed by atoms with E-state index in [4.69, 9.17) is 10.00 Å². The first-order chi connectivity index (χ1) is 12.4. The van der Waals surface area contributed by atoms with E-state index in [2.05, 4.69) is 11.0 Å². The van der Waals surface area contributed by atoms with Crippen molar-refractivity contribution >= 4 is 5.91 Å². The molecule has 140 valence electrons. The van der Waals surface area contributed by atoms with E-state index >= 15 is 0 Å². The van der Waals surface area contributed by atoms with Crippen LogP contribution in [-0.2, 0) is 16.1 Å². The largest absolute Gasteiger partial charge is 0.357 e. The number of benzene rings is 1. The number of carbonyl (C=O) groups is 1. The summed E-state index contributed by atoms with van der Waals surface area (Å²) in [5.74, 6) is 0.101. The fourth-order valence-corrected chi connectivity index (χ4v) is 4.26. The minimum Gasteiger partial charge on any atom is -0.357 e. The van der Waals surface area contributed by atoms with Gasteiger partial charge in [-0.25, -0.2) is 0 Å². The number of nitriles is 1. The average molecular weight is 355 g/mol. The van der Waals surface area contributed by atoms with E-state index in [9.17, 15) is 4.79 Å². The summed E-state index contributed by atoms with van der Waals surface area (Å²) in [5, 5.41) is 8.93. The lowest BCUT2D eigenvalue weighted by Crippen LogP contribution is -2.63. The van der Waals surface area contributed by atoms with Crippen LogP contribution in [0.25, 0.3) is 0 Å². The molecule has 5 nitrogen and oxygen atoms in total. The predicted molar refractivity (Wildman–Crippen MR) is 100 cm³/mol. The molecule has 1 spiro atoms. The third-order valence-electron chi connectivity index (χ3n) is 5.61. The van der Waals surface area contributed by atoms with Gasteiger partial charge in [0.2, 0.25) is 0 Å². The van der Waals surface area contributed by atoms with Gasteiger partial charge in [0.1, 0.15) is 5.60 Å². The van der Waals surface area contributed by atoms with E-state index in [0.29, 0.717) is 12.1 Å². The van der Waals surface area contributed by atoms with Crippen LogP contribution in [0.4, 0.5) is 0 Å². The van der Waals surface area contributed by atoms with Gasteiger partial charge >= 0.3 is 0 Å². The summed E-state index contributed by atoms with van der Waals surface area (Å²) in [6.45, 7) is 10.2. The zero-order valence-electron chi connectivity index (χ0n) is 16.1. The average Bonchev–Trinajstić information content (AvgIpc) is 2.81. The normalized spacial score (nSPS) is 26.5. The number of ether oxygens (including phenoxy) is 1. The fourth-order valence-electron chi connectivity index (χ4n) is 4.26. The van der Waals surface area contributed by atoms with Gasteiger partial charge in [0.15, 0.2) is 0 Å². The zero-order valence-corrected chi connectivity index (χ0v) is 16.1. The third-order valence-corrected chi connectivity index (χ3v) is 5.61. The lowest BCUT2D eigenvalue weighted by molar-refractivity contribution is -0.209. The second kappa shape index (κ2) is 7.38. The monoisotopic (exact) mass is 355 g/mol. The Balaban J connectivity index is 1.67. The highest BCUT2D eigenvalue weighted by molar-refractivity contribution is 5.85. The Morgan fingerprint density at radius 1 is 1.19 bits per heavy atom. The first kappa shape index (κ1) is 18.9. The molecule has 1 unspecified atom stereocenters. The van der Waals surface area contributed by atoms with Crippen molar-refractivity contribution < 1.29 is 9.53 Å². The molecule has 0 bridgehead atoms. The lowest BCUT2D eigenvalue weighted by Gasteiger charge is -2.49. The second-order valence-electron chi connectivity index (χ2n) is 8.05. The van der Waals surface area contributed by atoms with Gasteiger partial charge in [-0.2, -0.15) is 5.26 Å². The molecule has 2 aliphatic heterocycles. The van der Waals surface area contributed by atoms with Crippen LogP contribution in [0, 0.1) is 11.3 Å². The van der Waals surface area contributed by atoms with Crippen LogP contribution in [0.1, 0.15) is 51.2 Å². The quantitative estimate of drug-likeness (QED) is 0.836. The molecular formula is C21H29N3O2. The molecule has 2 fully saturated rings. The van der Waals surface area contributed by atoms with Crippen molar-refractivity contribution in [2.75, 3.05) is 26.2 Å². The molecule has 0 saturated carbocycles. The van der Waals surface area contributed by atoms with E-state index in [-0.39, 0.29) is 11.5 Å². The molecule has 0 N–H and O–H groups in total. The lowest BCUT2D eigenvalue weighted by atomic mass is 9.88. The second-order valence-corrected chi connectivity index (χ2v) is 8.05. The number of rotatable bonds is 3. The number of likely N-dealkylation sites (tertiary alicyclic amines) is 1. The highest BCUT2D eigenvalue weighted by Gasteiger charge is 2.49. The molecule has 1 amide bonds. The Kier molecular flexibility index (Phi) is 5.36. The summed E-state index contributed by atoms with van der Waals surface area (Å²) in [6.07, 6.45) is 3.00. The molecule has 2 saturated heterocycles. The van der Waals surface area contributed by atoms with Crippen LogP contribution in [0.15, 0.2) is 24.3 Å². The van der Waals surface area contributed by atoms with Crippen LogP contribution in [0.2, 0.25) is 0 Å². The van der Waals surface area contributed by atoms with Crippen molar-refractivity contribution in [3.8, 4) is 6.07 Å². The van der Waals surface area contributed by atoms with Crippen molar-refractivity contribution in [3.63, 3.8) is 0 Å². The molecule has 0 aromatic heterocycles. The molecule has 0 radical (unpaired) electrons. The number of morpholine rings is 1. The molecule has 1 aromatic rings. The maximum Gasteiger partial charge on any atom is 0.254 e. The number of nitrogens with zero attached hydrogens (tertiary/aromatic N) is 3. The Labute approximate surface area is 156 Å². The Morgan fingerprint density at radius 3 is 2.58 bits per heavy atom. The summed E-state index contributed by atoms with van der Waals surface area (Å²) in [4.78, 5) is 16.9. The van der Waals surface area contributed by atoms with Gasteiger partial charge in [-0.05, 0) is 64.3 Å². The molecule has 0 aliphatic carbocycles. The van der Waals surface area contributed by atoms with Crippen molar-refractivity contribution in [3.05, 3.63) is 35.4 Å². The SMILES string of the molecule is CCN1CC2(CCCN(Cc3ccc(C#N)cc3)CC2)OC(C)(C)C1=O. The molecule has 3 rings (SSSR count). The van der Waals surface area contributed by atoms with Crippen molar-refractivity contribution in [2.24, 2.45) is 0 Å². The minimum absolute atomic E-state index is 0.101. The highest BCUT2D eigenvalue weighted by atomic mass is 16.5. The predicted octanol–water partition coefficient (Wildman–Crippen LogP) is 2.94. The molecule has 26 heavy (non-hydrogen) atoms. The maximum absolute atomic E-state index is 12.5. The molecule has 1 aromatic carbocycles. The van der Waals surface area contributed by atoms with Gasteiger partial charge in [-0.1, -0.05) is 12.1 Å². The van der Waals surface area contributed by atoms with Crippen molar-refractivity contribution in [1.29, 1.82) is 5.26 Å². The number of likely N-dealkylation sites (N-methyl/N-ethyl adjacent to an activating group) is 1. The highest BCUT2D eigenvalue weighted by Crippen LogP contribution is 2.37. The van der Waals surface area contributed by atoms with E-state index < -0.39 is 5.60 Å². The van der Waals surface area contributed by atoms with Gasteiger partial charge in [0.25, 0.3) is 5.91 Å². The maximum atomic E-state index is 12.5. The molecule has 5 heteroatoms. The molecule has 2 heterocycles. The third kappa shape index (κ3) is 3.92. The standard InChI is InChI=1S/C21H29N3O2/c1-4-24-16-21(26-20(2,3)19(24)25)10-5-12-23(13-11-21)15-18-8-6-17(14-22)7-9-18/h6-9H,4-5,10-13,15-16H2,1-3H3. The Bertz CT molecular complexity index is 692. The Morgan fingerprint density at radius 2 is 1.92 bits per heavy atom.